The lowest BCUT2D eigenvalue weighted by molar-refractivity contribution is -0.113. The second-order valence-electron chi connectivity index (χ2n) is 7.66. The smallest absolute Gasteiger partial charge is 0.187 e. The van der Waals surface area contributed by atoms with Gasteiger partial charge in [-0.2, -0.15) is 0 Å². The van der Waals surface area contributed by atoms with Gasteiger partial charge >= 0.3 is 0 Å². The number of methoxy groups -OCH3 is 4. The van der Waals surface area contributed by atoms with Crippen molar-refractivity contribution in [3.05, 3.63) is 95.7 Å². The van der Waals surface area contributed by atoms with Crippen LogP contribution in [0.2, 0.25) is 0 Å². The number of nitrogens with one attached hydrogen (secondary N) is 1. The first-order chi connectivity index (χ1) is 17.5. The van der Waals surface area contributed by atoms with Gasteiger partial charge < -0.3 is 24.3 Å². The summed E-state index contributed by atoms with van der Waals surface area (Å²) in [6.45, 7) is 0. The average molecular weight is 488 g/mol. The maximum atomic E-state index is 12.7. The number of hydrogen-bond donors (Lipinski definition) is 1. The van der Waals surface area contributed by atoms with Crippen LogP contribution in [0.4, 0.5) is 5.69 Å². The molecular formula is C29H29NO6. The van der Waals surface area contributed by atoms with Crippen LogP contribution in [0.3, 0.4) is 0 Å². The Bertz CT molecular complexity index is 1240. The van der Waals surface area contributed by atoms with Gasteiger partial charge in [-0.1, -0.05) is 36.4 Å². The van der Waals surface area contributed by atoms with Gasteiger partial charge in [-0.3, -0.25) is 9.59 Å². The monoisotopic (exact) mass is 487 g/mol. The van der Waals surface area contributed by atoms with Gasteiger partial charge in [-0.15, -0.1) is 0 Å². The molecule has 0 fully saturated rings. The molecule has 1 N–H and O–H groups in total. The van der Waals surface area contributed by atoms with Gasteiger partial charge in [-0.25, -0.2) is 0 Å². The van der Waals surface area contributed by atoms with Crippen LogP contribution in [0.5, 0.6) is 23.0 Å². The zero-order chi connectivity index (χ0) is 25.9. The third-order valence-corrected chi connectivity index (χ3v) is 5.36. The molecular weight excluding hydrogens is 458 g/mol. The molecule has 186 valence electrons. The molecule has 0 aromatic heterocycles. The number of carbonyl (C=O) groups excluding carboxylic acids is 2. The van der Waals surface area contributed by atoms with Crippen molar-refractivity contribution in [3.8, 4) is 23.0 Å². The lowest BCUT2D eigenvalue weighted by Gasteiger charge is -2.12. The summed E-state index contributed by atoms with van der Waals surface area (Å²) in [6.07, 6.45) is 6.33. The lowest BCUT2D eigenvalue weighted by atomic mass is 10.1. The summed E-state index contributed by atoms with van der Waals surface area (Å²) in [5.41, 5.74) is 2.66. The fourth-order valence-electron chi connectivity index (χ4n) is 3.52. The highest BCUT2D eigenvalue weighted by molar-refractivity contribution is 6.04. The van der Waals surface area contributed by atoms with Gasteiger partial charge in [0.25, 0.3) is 0 Å². The van der Waals surface area contributed by atoms with Crippen molar-refractivity contribution >= 4 is 23.3 Å². The van der Waals surface area contributed by atoms with Crippen LogP contribution in [-0.2, 0) is 11.2 Å². The summed E-state index contributed by atoms with van der Waals surface area (Å²) in [7, 11) is 6.20. The molecule has 0 aliphatic rings. The number of hydrogen-bond acceptors (Lipinski definition) is 7. The van der Waals surface area contributed by atoms with E-state index in [1.807, 2.05) is 30.3 Å². The second-order valence-corrected chi connectivity index (χ2v) is 7.66. The molecule has 3 aromatic carbocycles. The van der Waals surface area contributed by atoms with E-state index in [1.165, 1.54) is 12.2 Å². The number of ketones is 2. The maximum Gasteiger partial charge on any atom is 0.187 e. The van der Waals surface area contributed by atoms with Crippen LogP contribution in [-0.4, -0.2) is 40.0 Å². The highest BCUT2D eigenvalue weighted by atomic mass is 16.5. The fourth-order valence-corrected chi connectivity index (χ4v) is 3.52. The van der Waals surface area contributed by atoms with E-state index < -0.39 is 0 Å². The third-order valence-electron chi connectivity index (χ3n) is 5.36. The fraction of sp³-hybridized carbons (Fsp3) is 0.172. The zero-order valence-corrected chi connectivity index (χ0v) is 20.7. The van der Waals surface area contributed by atoms with Gasteiger partial charge in [-0.05, 0) is 29.8 Å². The molecule has 3 rings (SSSR count). The van der Waals surface area contributed by atoms with Crippen molar-refractivity contribution in [3.63, 3.8) is 0 Å². The Morgan fingerprint density at radius 2 is 1.44 bits per heavy atom. The highest BCUT2D eigenvalue weighted by Gasteiger charge is 2.12. The topological polar surface area (TPSA) is 83.1 Å². The SMILES string of the molecule is COc1cc(OC)c(/C=C/C(=O)Cc2ccc(OC)c(N/C=C/C(=O)c3ccccc3)c2)c(OC)c1. The highest BCUT2D eigenvalue weighted by Crippen LogP contribution is 2.35. The number of carbonyl (C=O) groups is 2. The van der Waals surface area contributed by atoms with Crippen molar-refractivity contribution in [2.24, 2.45) is 0 Å². The van der Waals surface area contributed by atoms with Crippen molar-refractivity contribution in [2.45, 2.75) is 6.42 Å². The quantitative estimate of drug-likeness (QED) is 0.272. The summed E-state index contributed by atoms with van der Waals surface area (Å²) >= 11 is 0. The second kappa shape index (κ2) is 12.8. The molecule has 7 heteroatoms. The minimum Gasteiger partial charge on any atom is -0.496 e. The molecule has 0 radical (unpaired) electrons. The molecule has 0 atom stereocenters. The molecule has 0 bridgehead atoms. The van der Waals surface area contributed by atoms with Crippen LogP contribution < -0.4 is 24.3 Å². The molecule has 0 amide bonds. The molecule has 0 aliphatic heterocycles. The molecule has 3 aromatic rings. The van der Waals surface area contributed by atoms with E-state index in [4.69, 9.17) is 18.9 Å². The van der Waals surface area contributed by atoms with Crippen LogP contribution in [0.25, 0.3) is 6.08 Å². The maximum absolute atomic E-state index is 12.7. The molecule has 0 saturated carbocycles. The van der Waals surface area contributed by atoms with E-state index in [9.17, 15) is 9.59 Å². The molecule has 0 aliphatic carbocycles. The Morgan fingerprint density at radius 1 is 0.778 bits per heavy atom. The van der Waals surface area contributed by atoms with Crippen LogP contribution in [0.15, 0.2) is 79.0 Å². The summed E-state index contributed by atoms with van der Waals surface area (Å²) in [5, 5.41) is 3.08. The van der Waals surface area contributed by atoms with Gasteiger partial charge in [0.05, 0.1) is 39.7 Å². The molecule has 36 heavy (non-hydrogen) atoms. The van der Waals surface area contributed by atoms with E-state index in [1.54, 1.807) is 71.0 Å². The number of anilines is 1. The van der Waals surface area contributed by atoms with Gasteiger partial charge in [0.2, 0.25) is 0 Å². The largest absolute Gasteiger partial charge is 0.496 e. The van der Waals surface area contributed by atoms with Gasteiger partial charge in [0.15, 0.2) is 11.6 Å². The first-order valence-electron chi connectivity index (χ1n) is 11.2. The first kappa shape index (κ1) is 26.1. The summed E-state index contributed by atoms with van der Waals surface area (Å²) < 4.78 is 21.5. The molecule has 0 spiro atoms. The minimum absolute atomic E-state index is 0.110. The standard InChI is InChI=1S/C29H29NO6/c1-33-23-18-28(35-3)24(29(19-23)36-4)12-11-22(31)16-20-10-13-27(34-2)25(17-20)30-15-14-26(32)21-8-6-5-7-9-21/h5-15,17-19,30H,16H2,1-4H3/b12-11+,15-14+. The van der Waals surface area contributed by atoms with E-state index >= 15 is 0 Å². The lowest BCUT2D eigenvalue weighted by Crippen LogP contribution is -2.02. The zero-order valence-electron chi connectivity index (χ0n) is 20.7. The van der Waals surface area contributed by atoms with Crippen LogP contribution in [0.1, 0.15) is 21.5 Å². The van der Waals surface area contributed by atoms with Crippen molar-refractivity contribution in [2.75, 3.05) is 33.8 Å². The van der Waals surface area contributed by atoms with Gasteiger partial charge in [0, 0.05) is 36.4 Å². The van der Waals surface area contributed by atoms with E-state index in [2.05, 4.69) is 5.32 Å². The number of ether oxygens (including phenoxy) is 4. The number of benzene rings is 3. The van der Waals surface area contributed by atoms with Crippen molar-refractivity contribution < 1.29 is 28.5 Å². The van der Waals surface area contributed by atoms with Gasteiger partial charge in [0.1, 0.15) is 23.0 Å². The Hall–Kier alpha value is -4.52. The first-order valence-corrected chi connectivity index (χ1v) is 11.2. The molecule has 0 heterocycles. The summed E-state index contributed by atoms with van der Waals surface area (Å²) in [5.74, 6) is 2.01. The summed E-state index contributed by atoms with van der Waals surface area (Å²) in [4.78, 5) is 25.0. The average Bonchev–Trinajstić information content (AvgIpc) is 2.91. The predicted octanol–water partition coefficient (Wildman–Crippen LogP) is 5.35. The Morgan fingerprint density at radius 3 is 2.06 bits per heavy atom. The Balaban J connectivity index is 1.73. The third kappa shape index (κ3) is 6.76. The summed E-state index contributed by atoms with van der Waals surface area (Å²) in [6, 6.07) is 17.9. The van der Waals surface area contributed by atoms with Crippen LogP contribution >= 0.6 is 0 Å². The number of allylic oxidation sites excluding steroid dienone is 2. The predicted molar refractivity (Wildman–Crippen MR) is 140 cm³/mol. The molecule has 7 nitrogen and oxygen atoms in total. The minimum atomic E-state index is -0.122. The Labute approximate surface area is 211 Å². The van der Waals surface area contributed by atoms with E-state index in [0.29, 0.717) is 39.8 Å². The number of rotatable bonds is 12. The Kier molecular flexibility index (Phi) is 9.28. The molecule has 0 saturated heterocycles. The van der Waals surface area contributed by atoms with E-state index in [0.717, 1.165) is 5.56 Å². The van der Waals surface area contributed by atoms with E-state index in [-0.39, 0.29) is 18.0 Å². The van der Waals surface area contributed by atoms with Crippen molar-refractivity contribution in [1.29, 1.82) is 0 Å². The normalized spacial score (nSPS) is 10.9. The van der Waals surface area contributed by atoms with Crippen LogP contribution in [0, 0.1) is 0 Å². The molecule has 0 unspecified atom stereocenters. The van der Waals surface area contributed by atoms with Crippen molar-refractivity contribution in [1.82, 2.24) is 0 Å².